The fraction of sp³-hybridized carbons (Fsp3) is 0.400. The molecule has 1 unspecified atom stereocenters. The van der Waals surface area contributed by atoms with Crippen LogP contribution in [0, 0.1) is 13.8 Å². The molecule has 1 aliphatic rings. The molecule has 1 aromatic carbocycles. The van der Waals surface area contributed by atoms with Crippen molar-refractivity contribution in [3.63, 3.8) is 0 Å². The molecule has 0 saturated heterocycles. The van der Waals surface area contributed by atoms with Crippen LogP contribution in [0.5, 0.6) is 0 Å². The van der Waals surface area contributed by atoms with Crippen molar-refractivity contribution < 1.29 is 0 Å². The van der Waals surface area contributed by atoms with Gasteiger partial charge in [-0.15, -0.1) is 0 Å². The Morgan fingerprint density at radius 1 is 1.37 bits per heavy atom. The van der Waals surface area contributed by atoms with Gasteiger partial charge in [0.2, 0.25) is 0 Å². The molecule has 3 nitrogen and oxygen atoms in total. The summed E-state index contributed by atoms with van der Waals surface area (Å²) in [5.74, 6) is 0. The predicted octanol–water partition coefficient (Wildman–Crippen LogP) is 3.20. The first-order valence-corrected chi connectivity index (χ1v) is 7.43. The molecule has 0 radical (unpaired) electrons. The van der Waals surface area contributed by atoms with Crippen LogP contribution in [0.3, 0.4) is 0 Å². The number of hydrogen-bond donors (Lipinski definition) is 1. The number of nitrogens with two attached hydrogens (primary N) is 1. The van der Waals surface area contributed by atoms with Gasteiger partial charge in [-0.3, -0.25) is 0 Å². The molecule has 100 valence electrons. The van der Waals surface area contributed by atoms with Crippen molar-refractivity contribution in [2.24, 2.45) is 5.73 Å². The van der Waals surface area contributed by atoms with Crippen LogP contribution in [0.2, 0.25) is 0 Å². The first-order chi connectivity index (χ1) is 9.06. The van der Waals surface area contributed by atoms with E-state index in [1.807, 2.05) is 0 Å². The number of nitrogens with zero attached hydrogens (tertiary/aromatic N) is 2. The molecule has 1 atom stereocenters. The van der Waals surface area contributed by atoms with Crippen molar-refractivity contribution in [1.29, 1.82) is 0 Å². The molecule has 0 bridgehead atoms. The minimum Gasteiger partial charge on any atom is -0.326 e. The van der Waals surface area contributed by atoms with Gasteiger partial charge in [-0.05, 0) is 54.2 Å². The normalized spacial score (nSPS) is 18.4. The van der Waals surface area contributed by atoms with Crippen molar-refractivity contribution in [2.75, 3.05) is 0 Å². The number of fused-ring (bicyclic) bond motifs is 1. The number of rotatable bonds is 1. The minimum absolute atomic E-state index is 0.240. The number of halogens is 1. The van der Waals surface area contributed by atoms with E-state index >= 15 is 0 Å². The van der Waals surface area contributed by atoms with Crippen LogP contribution >= 0.6 is 15.9 Å². The summed E-state index contributed by atoms with van der Waals surface area (Å²) in [4.78, 5) is 4.72. The zero-order valence-electron chi connectivity index (χ0n) is 11.3. The second kappa shape index (κ2) is 4.76. The van der Waals surface area contributed by atoms with Crippen molar-refractivity contribution in [3.8, 4) is 11.3 Å². The van der Waals surface area contributed by atoms with Crippen molar-refractivity contribution in [2.45, 2.75) is 39.3 Å². The molecule has 1 aliphatic heterocycles. The Morgan fingerprint density at radius 2 is 2.16 bits per heavy atom. The third-order valence-corrected chi connectivity index (χ3v) is 4.45. The number of aromatic nitrogens is 2. The summed E-state index contributed by atoms with van der Waals surface area (Å²) in [6, 6.07) is 6.77. The molecule has 2 aromatic rings. The average molecular weight is 320 g/mol. The van der Waals surface area contributed by atoms with E-state index in [0.29, 0.717) is 0 Å². The molecule has 0 fully saturated rings. The quantitative estimate of drug-likeness (QED) is 0.877. The predicted molar refractivity (Wildman–Crippen MR) is 81.1 cm³/mol. The van der Waals surface area contributed by atoms with Crippen molar-refractivity contribution >= 4 is 15.9 Å². The lowest BCUT2D eigenvalue weighted by molar-refractivity contribution is 0.455. The van der Waals surface area contributed by atoms with Gasteiger partial charge < -0.3 is 10.3 Å². The molecule has 2 heterocycles. The van der Waals surface area contributed by atoms with Crippen LogP contribution in [-0.4, -0.2) is 15.6 Å². The van der Waals surface area contributed by atoms with E-state index in [0.717, 1.165) is 29.8 Å². The first kappa shape index (κ1) is 12.9. The molecule has 3 rings (SSSR count). The fourth-order valence-electron chi connectivity index (χ4n) is 2.75. The molecule has 2 N–H and O–H groups in total. The summed E-state index contributed by atoms with van der Waals surface area (Å²) in [6.45, 7) is 5.12. The van der Waals surface area contributed by atoms with E-state index in [2.05, 4.69) is 52.5 Å². The smallest absolute Gasteiger partial charge is 0.177 e. The van der Waals surface area contributed by atoms with Crippen LogP contribution in [0.15, 0.2) is 22.9 Å². The van der Waals surface area contributed by atoms with Gasteiger partial charge in [-0.25, -0.2) is 4.98 Å². The van der Waals surface area contributed by atoms with Crippen LogP contribution < -0.4 is 5.73 Å². The highest BCUT2D eigenvalue weighted by molar-refractivity contribution is 9.10. The largest absolute Gasteiger partial charge is 0.326 e. The van der Waals surface area contributed by atoms with Gasteiger partial charge in [0.15, 0.2) is 4.73 Å². The Morgan fingerprint density at radius 3 is 2.95 bits per heavy atom. The molecular formula is C15H18BrN3. The highest BCUT2D eigenvalue weighted by Gasteiger charge is 2.23. The third kappa shape index (κ3) is 2.23. The van der Waals surface area contributed by atoms with Gasteiger partial charge >= 0.3 is 0 Å². The fourth-order valence-corrected chi connectivity index (χ4v) is 3.29. The maximum absolute atomic E-state index is 6.05. The van der Waals surface area contributed by atoms with Gasteiger partial charge in [0.05, 0.1) is 5.69 Å². The average Bonchev–Trinajstić information content (AvgIpc) is 2.69. The zero-order valence-corrected chi connectivity index (χ0v) is 12.9. The Labute approximate surface area is 122 Å². The monoisotopic (exact) mass is 319 g/mol. The Balaban J connectivity index is 2.16. The summed E-state index contributed by atoms with van der Waals surface area (Å²) in [7, 11) is 0. The number of hydrogen-bond acceptors (Lipinski definition) is 2. The summed E-state index contributed by atoms with van der Waals surface area (Å²) in [6.07, 6.45) is 2.04. The Bertz CT molecular complexity index is 631. The SMILES string of the molecule is Cc1ccc(C)c(-c2nc(Br)n3c2CCC(N)C3)c1. The van der Waals surface area contributed by atoms with E-state index in [9.17, 15) is 0 Å². The van der Waals surface area contributed by atoms with Gasteiger partial charge in [0.1, 0.15) is 0 Å². The van der Waals surface area contributed by atoms with E-state index in [4.69, 9.17) is 10.7 Å². The molecule has 0 amide bonds. The third-order valence-electron chi connectivity index (χ3n) is 3.84. The van der Waals surface area contributed by atoms with Gasteiger partial charge in [-0.2, -0.15) is 0 Å². The maximum atomic E-state index is 6.05. The second-order valence-corrected chi connectivity index (χ2v) is 6.11. The van der Waals surface area contributed by atoms with E-state index < -0.39 is 0 Å². The Hall–Kier alpha value is -1.13. The number of imidazole rings is 1. The Kier molecular flexibility index (Phi) is 3.23. The standard InChI is InChI=1S/C15H18BrN3/c1-9-3-4-10(2)12(7-9)14-13-6-5-11(17)8-19(13)15(16)18-14/h3-4,7,11H,5-6,8,17H2,1-2H3. The summed E-state index contributed by atoms with van der Waals surface area (Å²) >= 11 is 3.57. The van der Waals surface area contributed by atoms with Crippen LogP contribution in [0.25, 0.3) is 11.3 Å². The second-order valence-electron chi connectivity index (χ2n) is 5.40. The van der Waals surface area contributed by atoms with Gasteiger partial charge in [-0.1, -0.05) is 17.7 Å². The maximum Gasteiger partial charge on any atom is 0.177 e. The lowest BCUT2D eigenvalue weighted by Crippen LogP contribution is -2.31. The summed E-state index contributed by atoms with van der Waals surface area (Å²) in [5.41, 5.74) is 12.3. The molecule has 1 aromatic heterocycles. The van der Waals surface area contributed by atoms with E-state index in [-0.39, 0.29) is 6.04 Å². The molecule has 0 spiro atoms. The van der Waals surface area contributed by atoms with Gasteiger partial charge in [0.25, 0.3) is 0 Å². The highest BCUT2D eigenvalue weighted by Crippen LogP contribution is 2.32. The molecular weight excluding hydrogens is 302 g/mol. The van der Waals surface area contributed by atoms with Crippen LogP contribution in [-0.2, 0) is 13.0 Å². The topological polar surface area (TPSA) is 43.8 Å². The van der Waals surface area contributed by atoms with Crippen LogP contribution in [0.4, 0.5) is 0 Å². The first-order valence-electron chi connectivity index (χ1n) is 6.64. The summed E-state index contributed by atoms with van der Waals surface area (Å²) in [5, 5.41) is 0. The van der Waals surface area contributed by atoms with E-state index in [1.165, 1.54) is 22.4 Å². The van der Waals surface area contributed by atoms with Gasteiger partial charge in [0, 0.05) is 23.8 Å². The number of aryl methyl sites for hydroxylation is 2. The van der Waals surface area contributed by atoms with Crippen LogP contribution in [0.1, 0.15) is 23.2 Å². The highest BCUT2D eigenvalue weighted by atomic mass is 79.9. The molecule has 0 aliphatic carbocycles. The zero-order chi connectivity index (χ0) is 13.6. The number of benzene rings is 1. The lowest BCUT2D eigenvalue weighted by atomic mass is 9.97. The van der Waals surface area contributed by atoms with E-state index in [1.54, 1.807) is 0 Å². The summed E-state index contributed by atoms with van der Waals surface area (Å²) < 4.78 is 3.11. The minimum atomic E-state index is 0.240. The van der Waals surface area contributed by atoms with Crippen molar-refractivity contribution in [1.82, 2.24) is 9.55 Å². The molecule has 4 heteroatoms. The van der Waals surface area contributed by atoms with Crippen molar-refractivity contribution in [3.05, 3.63) is 39.8 Å². The molecule has 0 saturated carbocycles. The molecule has 19 heavy (non-hydrogen) atoms. The lowest BCUT2D eigenvalue weighted by Gasteiger charge is -2.22.